The molecule has 182 valence electrons. The van der Waals surface area contributed by atoms with E-state index in [9.17, 15) is 18.0 Å². The highest BCUT2D eigenvalue weighted by molar-refractivity contribution is 7.89. The quantitative estimate of drug-likeness (QED) is 0.586. The molecule has 0 aromatic heterocycles. The van der Waals surface area contributed by atoms with Crippen LogP contribution in [0.25, 0.3) is 0 Å². The topological polar surface area (TPSA) is 84.0 Å². The van der Waals surface area contributed by atoms with Gasteiger partial charge in [-0.25, -0.2) is 8.42 Å². The maximum Gasteiger partial charge on any atom is 0.309 e. The van der Waals surface area contributed by atoms with Crippen molar-refractivity contribution in [3.05, 3.63) is 65.2 Å². The van der Waals surface area contributed by atoms with Crippen LogP contribution in [0, 0.1) is 12.8 Å². The molecule has 2 aromatic carbocycles. The molecule has 0 saturated carbocycles. The predicted molar refractivity (Wildman–Crippen MR) is 129 cm³/mol. The number of nitrogens with zero attached hydrogens (tertiary/aromatic N) is 2. The molecule has 2 aromatic rings. The molecule has 2 aliphatic heterocycles. The number of piperidine rings is 1. The molecule has 1 fully saturated rings. The van der Waals surface area contributed by atoms with Crippen LogP contribution in [0.15, 0.2) is 53.4 Å². The van der Waals surface area contributed by atoms with Gasteiger partial charge in [0.1, 0.15) is 0 Å². The molecule has 4 rings (SSSR count). The second-order valence-corrected chi connectivity index (χ2v) is 10.9. The highest BCUT2D eigenvalue weighted by atomic mass is 32.2. The first kappa shape index (κ1) is 24.4. The summed E-state index contributed by atoms with van der Waals surface area (Å²) in [6, 6.07) is 14.0. The molecule has 0 radical (unpaired) electrons. The molecule has 0 unspecified atom stereocenters. The van der Waals surface area contributed by atoms with Gasteiger partial charge in [0.25, 0.3) is 0 Å². The average molecular weight is 485 g/mol. The molecule has 0 spiro atoms. The summed E-state index contributed by atoms with van der Waals surface area (Å²) in [5.41, 5.74) is 2.96. The first-order chi connectivity index (χ1) is 16.3. The zero-order valence-corrected chi connectivity index (χ0v) is 20.6. The number of esters is 1. The number of benzene rings is 2. The molecule has 1 atom stereocenters. The maximum absolute atomic E-state index is 13.6. The highest BCUT2D eigenvalue weighted by Crippen LogP contribution is 2.37. The Balaban J connectivity index is 1.55. The lowest BCUT2D eigenvalue weighted by Crippen LogP contribution is -2.45. The molecule has 8 heteroatoms. The Bertz CT molecular complexity index is 1140. The van der Waals surface area contributed by atoms with Gasteiger partial charge in [-0.05, 0) is 56.4 Å². The predicted octanol–water partition coefficient (Wildman–Crippen LogP) is 3.47. The fourth-order valence-electron chi connectivity index (χ4n) is 4.89. The van der Waals surface area contributed by atoms with E-state index in [1.807, 2.05) is 31.2 Å². The molecule has 0 bridgehead atoms. The van der Waals surface area contributed by atoms with Gasteiger partial charge >= 0.3 is 5.97 Å². The van der Waals surface area contributed by atoms with Crippen molar-refractivity contribution in [2.75, 3.05) is 26.2 Å². The van der Waals surface area contributed by atoms with E-state index in [2.05, 4.69) is 0 Å². The monoisotopic (exact) mass is 484 g/mol. The van der Waals surface area contributed by atoms with Crippen LogP contribution in [0.2, 0.25) is 0 Å². The summed E-state index contributed by atoms with van der Waals surface area (Å²) in [7, 11) is -3.77. The summed E-state index contributed by atoms with van der Waals surface area (Å²) in [6.45, 7) is 5.33. The number of ether oxygens (including phenoxy) is 1. The zero-order chi connectivity index (χ0) is 24.3. The molecule has 1 amide bonds. The zero-order valence-electron chi connectivity index (χ0n) is 19.8. The second-order valence-electron chi connectivity index (χ2n) is 9.00. The molecular weight excluding hydrogens is 452 g/mol. The minimum absolute atomic E-state index is 0.0756. The van der Waals surface area contributed by atoms with Crippen LogP contribution in [-0.2, 0) is 30.8 Å². The summed E-state index contributed by atoms with van der Waals surface area (Å²) in [4.78, 5) is 27.4. The van der Waals surface area contributed by atoms with Gasteiger partial charge in [-0.1, -0.05) is 42.0 Å². The average Bonchev–Trinajstić information content (AvgIpc) is 2.84. The standard InChI is InChI=1S/C26H32N2O5S/c1-3-33-26(30)21-12-15-27(16-13-21)25(29)18-24-23-7-5-4-6-20(23)14-17-28(24)34(31,32)22-10-8-19(2)9-11-22/h4-11,21,24H,3,12-18H2,1-2H3/t24-/m1/s1. The van der Waals surface area contributed by atoms with Gasteiger partial charge in [0, 0.05) is 26.1 Å². The van der Waals surface area contributed by atoms with Gasteiger partial charge in [0.2, 0.25) is 15.9 Å². The summed E-state index contributed by atoms with van der Waals surface area (Å²) in [5, 5.41) is 0. The van der Waals surface area contributed by atoms with Crippen LogP contribution in [0.4, 0.5) is 0 Å². The van der Waals surface area contributed by atoms with E-state index in [1.54, 1.807) is 36.1 Å². The molecule has 2 aliphatic rings. The minimum Gasteiger partial charge on any atom is -0.466 e. The van der Waals surface area contributed by atoms with Crippen molar-refractivity contribution in [2.24, 2.45) is 5.92 Å². The summed E-state index contributed by atoms with van der Waals surface area (Å²) >= 11 is 0. The fourth-order valence-corrected chi connectivity index (χ4v) is 6.50. The van der Waals surface area contributed by atoms with E-state index in [4.69, 9.17) is 4.74 Å². The SMILES string of the molecule is CCOC(=O)C1CCN(C(=O)C[C@@H]2c3ccccc3CCN2S(=O)(=O)c2ccc(C)cc2)CC1. The number of aryl methyl sites for hydroxylation is 1. The number of amides is 1. The van der Waals surface area contributed by atoms with Gasteiger partial charge in [-0.3, -0.25) is 9.59 Å². The first-order valence-electron chi connectivity index (χ1n) is 11.9. The number of carbonyl (C=O) groups is 2. The van der Waals surface area contributed by atoms with E-state index in [-0.39, 0.29) is 29.1 Å². The van der Waals surface area contributed by atoms with Gasteiger partial charge in [-0.15, -0.1) is 0 Å². The van der Waals surface area contributed by atoms with E-state index >= 15 is 0 Å². The molecule has 34 heavy (non-hydrogen) atoms. The van der Waals surface area contributed by atoms with Gasteiger partial charge in [-0.2, -0.15) is 4.31 Å². The number of likely N-dealkylation sites (tertiary alicyclic amines) is 1. The van der Waals surface area contributed by atoms with Crippen molar-refractivity contribution >= 4 is 21.9 Å². The second kappa shape index (κ2) is 10.3. The van der Waals surface area contributed by atoms with Crippen LogP contribution in [-0.4, -0.2) is 55.7 Å². The van der Waals surface area contributed by atoms with Crippen molar-refractivity contribution in [1.82, 2.24) is 9.21 Å². The normalized spacial score (nSPS) is 19.5. The van der Waals surface area contributed by atoms with E-state index < -0.39 is 16.1 Å². The third kappa shape index (κ3) is 5.03. The van der Waals surface area contributed by atoms with Gasteiger partial charge in [0.05, 0.1) is 23.5 Å². The Morgan fingerprint density at radius 2 is 1.68 bits per heavy atom. The van der Waals surface area contributed by atoms with Gasteiger partial charge in [0.15, 0.2) is 0 Å². The Morgan fingerprint density at radius 3 is 2.35 bits per heavy atom. The lowest BCUT2D eigenvalue weighted by molar-refractivity contribution is -0.151. The Kier molecular flexibility index (Phi) is 7.38. The number of carbonyl (C=O) groups excluding carboxylic acids is 2. The van der Waals surface area contributed by atoms with Crippen molar-refractivity contribution in [1.29, 1.82) is 0 Å². The van der Waals surface area contributed by atoms with Crippen LogP contribution in [0.5, 0.6) is 0 Å². The highest BCUT2D eigenvalue weighted by Gasteiger charge is 2.39. The molecule has 2 heterocycles. The number of sulfonamides is 1. The van der Waals surface area contributed by atoms with Crippen molar-refractivity contribution in [2.45, 2.75) is 50.5 Å². The third-order valence-electron chi connectivity index (χ3n) is 6.83. The van der Waals surface area contributed by atoms with Crippen molar-refractivity contribution in [3.63, 3.8) is 0 Å². The maximum atomic E-state index is 13.6. The number of rotatable bonds is 6. The Hall–Kier alpha value is -2.71. The number of hydrogen-bond acceptors (Lipinski definition) is 5. The van der Waals surface area contributed by atoms with Crippen LogP contribution < -0.4 is 0 Å². The summed E-state index contributed by atoms with van der Waals surface area (Å²) < 4.78 is 33.8. The number of hydrogen-bond donors (Lipinski definition) is 0. The number of fused-ring (bicyclic) bond motifs is 1. The first-order valence-corrected chi connectivity index (χ1v) is 13.4. The van der Waals surface area contributed by atoms with E-state index in [0.29, 0.717) is 45.5 Å². The van der Waals surface area contributed by atoms with Crippen LogP contribution >= 0.6 is 0 Å². The molecular formula is C26H32N2O5S. The van der Waals surface area contributed by atoms with Gasteiger partial charge < -0.3 is 9.64 Å². The lowest BCUT2D eigenvalue weighted by atomic mass is 9.91. The summed E-state index contributed by atoms with van der Waals surface area (Å²) in [6.07, 6.45) is 1.82. The molecule has 0 aliphatic carbocycles. The van der Waals surface area contributed by atoms with Crippen LogP contribution in [0.3, 0.4) is 0 Å². The summed E-state index contributed by atoms with van der Waals surface area (Å²) in [5.74, 6) is -0.475. The molecule has 7 nitrogen and oxygen atoms in total. The Labute approximate surface area is 201 Å². The fraction of sp³-hybridized carbons (Fsp3) is 0.462. The molecule has 1 saturated heterocycles. The molecule has 0 N–H and O–H groups in total. The largest absolute Gasteiger partial charge is 0.466 e. The Morgan fingerprint density at radius 1 is 1.00 bits per heavy atom. The van der Waals surface area contributed by atoms with Crippen LogP contribution in [0.1, 0.15) is 48.9 Å². The van der Waals surface area contributed by atoms with E-state index in [0.717, 1.165) is 16.7 Å². The van der Waals surface area contributed by atoms with Crippen molar-refractivity contribution < 1.29 is 22.7 Å². The third-order valence-corrected chi connectivity index (χ3v) is 8.75. The minimum atomic E-state index is -3.77. The lowest BCUT2D eigenvalue weighted by Gasteiger charge is -2.38. The van der Waals surface area contributed by atoms with Crippen molar-refractivity contribution in [3.8, 4) is 0 Å². The smallest absolute Gasteiger partial charge is 0.309 e. The van der Waals surface area contributed by atoms with E-state index in [1.165, 1.54) is 4.31 Å².